The van der Waals surface area contributed by atoms with Gasteiger partial charge in [0.15, 0.2) is 0 Å². The molecule has 1 heterocycles. The lowest BCUT2D eigenvalue weighted by Crippen LogP contribution is -2.35. The van der Waals surface area contributed by atoms with Crippen LogP contribution in [-0.4, -0.2) is 42.5 Å². The van der Waals surface area contributed by atoms with Crippen LogP contribution >= 0.6 is 0 Å². The van der Waals surface area contributed by atoms with Gasteiger partial charge in [-0.25, -0.2) is 4.79 Å². The Labute approximate surface area is 118 Å². The van der Waals surface area contributed by atoms with E-state index in [1.54, 1.807) is 4.90 Å². The number of benzene rings is 2. The van der Waals surface area contributed by atoms with Gasteiger partial charge >= 0.3 is 6.03 Å². The van der Waals surface area contributed by atoms with E-state index in [0.717, 1.165) is 18.7 Å². The maximum Gasteiger partial charge on any atom is 0.319 e. The van der Waals surface area contributed by atoms with E-state index in [-0.39, 0.29) is 12.1 Å². The number of rotatable bonds is 3. The summed E-state index contributed by atoms with van der Waals surface area (Å²) in [4.78, 5) is 15.4. The molecule has 2 aromatic carbocycles. The van der Waals surface area contributed by atoms with E-state index in [1.807, 2.05) is 24.1 Å². The van der Waals surface area contributed by atoms with Gasteiger partial charge in [-0.3, -0.25) is 0 Å². The lowest BCUT2D eigenvalue weighted by atomic mass is 10.0. The largest absolute Gasteiger partial charge is 0.326 e. The van der Waals surface area contributed by atoms with Gasteiger partial charge in [-0.2, -0.15) is 0 Å². The first-order valence-corrected chi connectivity index (χ1v) is 6.89. The number of carbonyl (C=O) groups excluding carboxylic acids is 1. The minimum Gasteiger partial charge on any atom is -0.326 e. The van der Waals surface area contributed by atoms with Crippen molar-refractivity contribution < 1.29 is 4.79 Å². The third kappa shape index (κ3) is 2.34. The molecule has 1 aliphatic heterocycles. The molecule has 104 valence electrons. The molecular formula is C16H19N3O. The maximum absolute atomic E-state index is 11.9. The monoisotopic (exact) mass is 269 g/mol. The highest BCUT2D eigenvalue weighted by molar-refractivity contribution is 5.83. The first-order valence-electron chi connectivity index (χ1n) is 6.89. The molecule has 1 saturated heterocycles. The zero-order chi connectivity index (χ0) is 14.1. The number of hydrogen-bond acceptors (Lipinski definition) is 2. The summed E-state index contributed by atoms with van der Waals surface area (Å²) in [6, 6.07) is 14.4. The van der Waals surface area contributed by atoms with Crippen molar-refractivity contribution in [2.45, 2.75) is 6.04 Å². The number of hydrogen-bond donors (Lipinski definition) is 1. The van der Waals surface area contributed by atoms with Crippen molar-refractivity contribution in [1.82, 2.24) is 9.80 Å². The molecule has 0 spiro atoms. The number of urea groups is 1. The Morgan fingerprint density at radius 1 is 1.15 bits per heavy atom. The molecule has 2 aromatic rings. The van der Waals surface area contributed by atoms with Crippen LogP contribution in [0.15, 0.2) is 42.5 Å². The first-order chi connectivity index (χ1) is 9.65. The molecule has 0 saturated carbocycles. The van der Waals surface area contributed by atoms with Crippen LogP contribution in [0.5, 0.6) is 0 Å². The highest BCUT2D eigenvalue weighted by Crippen LogP contribution is 2.21. The first kappa shape index (κ1) is 12.9. The molecule has 2 N–H and O–H groups in total. The van der Waals surface area contributed by atoms with E-state index in [0.29, 0.717) is 6.54 Å². The Balaban J connectivity index is 1.78. The molecular weight excluding hydrogens is 250 g/mol. The lowest BCUT2D eigenvalue weighted by Gasteiger charge is -2.21. The van der Waals surface area contributed by atoms with Crippen LogP contribution in [0.25, 0.3) is 10.8 Å². The molecule has 4 heteroatoms. The number of likely N-dealkylation sites (N-methyl/N-ethyl adjacent to an activating group) is 1. The van der Waals surface area contributed by atoms with Gasteiger partial charge in [0.2, 0.25) is 0 Å². The van der Waals surface area contributed by atoms with E-state index in [9.17, 15) is 4.79 Å². The zero-order valence-electron chi connectivity index (χ0n) is 11.6. The highest BCUT2D eigenvalue weighted by atomic mass is 16.2. The van der Waals surface area contributed by atoms with Crippen molar-refractivity contribution in [3.8, 4) is 0 Å². The van der Waals surface area contributed by atoms with Crippen molar-refractivity contribution >= 4 is 16.8 Å². The quantitative estimate of drug-likeness (QED) is 0.928. The predicted molar refractivity (Wildman–Crippen MR) is 80.5 cm³/mol. The van der Waals surface area contributed by atoms with Crippen molar-refractivity contribution in [2.75, 3.05) is 26.7 Å². The summed E-state index contributed by atoms with van der Waals surface area (Å²) in [7, 11) is 1.82. The molecule has 1 fully saturated rings. The van der Waals surface area contributed by atoms with E-state index in [1.165, 1.54) is 10.8 Å². The normalized spacial score (nSPS) is 17.0. The van der Waals surface area contributed by atoms with Gasteiger partial charge in [0.25, 0.3) is 0 Å². The lowest BCUT2D eigenvalue weighted by molar-refractivity contribution is 0.196. The van der Waals surface area contributed by atoms with Gasteiger partial charge in [-0.1, -0.05) is 36.4 Å². The number of amides is 2. The van der Waals surface area contributed by atoms with Crippen LogP contribution in [0.4, 0.5) is 4.79 Å². The summed E-state index contributed by atoms with van der Waals surface area (Å²) >= 11 is 0. The van der Waals surface area contributed by atoms with Crippen LogP contribution in [-0.2, 0) is 0 Å². The third-order valence-corrected chi connectivity index (χ3v) is 3.92. The Morgan fingerprint density at radius 3 is 2.60 bits per heavy atom. The Kier molecular flexibility index (Phi) is 3.32. The molecule has 0 radical (unpaired) electrons. The topological polar surface area (TPSA) is 49.6 Å². The van der Waals surface area contributed by atoms with Crippen molar-refractivity contribution in [3.63, 3.8) is 0 Å². The van der Waals surface area contributed by atoms with Gasteiger partial charge in [0, 0.05) is 32.7 Å². The smallest absolute Gasteiger partial charge is 0.319 e. The van der Waals surface area contributed by atoms with Crippen LogP contribution in [0.3, 0.4) is 0 Å². The SMILES string of the molecule is CN1CCN(CC(N)c2ccc3ccccc3c2)C1=O. The Bertz CT molecular complexity index is 640. The fraction of sp³-hybridized carbons (Fsp3) is 0.312. The van der Waals surface area contributed by atoms with Gasteiger partial charge < -0.3 is 15.5 Å². The number of fused-ring (bicyclic) bond motifs is 1. The highest BCUT2D eigenvalue weighted by Gasteiger charge is 2.26. The van der Waals surface area contributed by atoms with E-state index in [4.69, 9.17) is 5.73 Å². The van der Waals surface area contributed by atoms with Gasteiger partial charge in [-0.05, 0) is 22.4 Å². The van der Waals surface area contributed by atoms with Gasteiger partial charge in [-0.15, -0.1) is 0 Å². The molecule has 1 atom stereocenters. The van der Waals surface area contributed by atoms with Crippen LogP contribution < -0.4 is 5.73 Å². The second-order valence-corrected chi connectivity index (χ2v) is 5.36. The van der Waals surface area contributed by atoms with E-state index < -0.39 is 0 Å². The second-order valence-electron chi connectivity index (χ2n) is 5.36. The molecule has 2 amide bonds. The summed E-state index contributed by atoms with van der Waals surface area (Å²) in [5, 5.41) is 2.39. The van der Waals surface area contributed by atoms with E-state index in [2.05, 4.69) is 30.3 Å². The molecule has 4 nitrogen and oxygen atoms in total. The minimum atomic E-state index is -0.143. The summed E-state index contributed by atoms with van der Waals surface area (Å²) < 4.78 is 0. The Morgan fingerprint density at radius 2 is 1.90 bits per heavy atom. The average Bonchev–Trinajstić information content (AvgIpc) is 2.78. The summed E-state index contributed by atoms with van der Waals surface area (Å²) in [6.45, 7) is 2.11. The molecule has 3 rings (SSSR count). The molecule has 20 heavy (non-hydrogen) atoms. The summed E-state index contributed by atoms with van der Waals surface area (Å²) in [5.41, 5.74) is 7.34. The van der Waals surface area contributed by atoms with Crippen LogP contribution in [0.1, 0.15) is 11.6 Å². The summed E-state index contributed by atoms with van der Waals surface area (Å²) in [6.07, 6.45) is 0. The number of carbonyl (C=O) groups is 1. The maximum atomic E-state index is 11.9. The van der Waals surface area contributed by atoms with Crippen molar-refractivity contribution in [2.24, 2.45) is 5.73 Å². The van der Waals surface area contributed by atoms with Crippen molar-refractivity contribution in [1.29, 1.82) is 0 Å². The van der Waals surface area contributed by atoms with Gasteiger partial charge in [0.1, 0.15) is 0 Å². The minimum absolute atomic E-state index is 0.0706. The molecule has 0 aromatic heterocycles. The standard InChI is InChI=1S/C16H19N3O/c1-18-8-9-19(16(18)20)11-15(17)14-7-6-12-4-2-3-5-13(12)10-14/h2-7,10,15H,8-9,11,17H2,1H3. The number of nitrogens with zero attached hydrogens (tertiary/aromatic N) is 2. The van der Waals surface area contributed by atoms with E-state index >= 15 is 0 Å². The number of nitrogens with two attached hydrogens (primary N) is 1. The zero-order valence-corrected chi connectivity index (χ0v) is 11.6. The molecule has 0 aliphatic carbocycles. The van der Waals surface area contributed by atoms with Gasteiger partial charge in [0.05, 0.1) is 0 Å². The average molecular weight is 269 g/mol. The Hall–Kier alpha value is -2.07. The van der Waals surface area contributed by atoms with Crippen LogP contribution in [0, 0.1) is 0 Å². The second kappa shape index (κ2) is 5.13. The molecule has 1 aliphatic rings. The van der Waals surface area contributed by atoms with Crippen molar-refractivity contribution in [3.05, 3.63) is 48.0 Å². The molecule has 1 unspecified atom stereocenters. The summed E-state index contributed by atoms with van der Waals surface area (Å²) in [5.74, 6) is 0. The van der Waals surface area contributed by atoms with Crippen LogP contribution in [0.2, 0.25) is 0 Å². The fourth-order valence-corrected chi connectivity index (χ4v) is 2.65. The molecule has 0 bridgehead atoms. The fourth-order valence-electron chi connectivity index (χ4n) is 2.65. The predicted octanol–water partition coefficient (Wildman–Crippen LogP) is 2.21. The third-order valence-electron chi connectivity index (χ3n) is 3.92.